The van der Waals surface area contributed by atoms with Gasteiger partial charge in [-0.15, -0.1) is 0 Å². The number of hydrogen-bond acceptors (Lipinski definition) is 10. The van der Waals surface area contributed by atoms with Crippen LogP contribution in [0, 0.1) is 34.4 Å². The number of hydroxylamine groups is 1. The van der Waals surface area contributed by atoms with Gasteiger partial charge < -0.3 is 15.0 Å². The first kappa shape index (κ1) is 35.5. The maximum atomic E-state index is 8.27. The first-order valence-corrected chi connectivity index (χ1v) is 9.65. The van der Waals surface area contributed by atoms with E-state index in [1.54, 1.807) is 65.8 Å². The standard InChI is InChI=1S/C4H8N4.C4H7N3O.C4H11N3O.C4H7N3S/c1-6-4(7-2)8-3-5;1-6-4(8-2)7-3-5;1-5-4(6-8)7(2)3;1-6-4(8-2)7-3-5/h1-2H3,(H2,6,7,8);1-2H3,(H,6,7);8H,1-3H3,(H,5,6);1-2H3,(H,6,7). The third-order valence-corrected chi connectivity index (χ3v) is 3.16. The van der Waals surface area contributed by atoms with Crippen molar-refractivity contribution in [3.8, 4) is 18.6 Å². The molecule has 0 heterocycles. The molecule has 0 unspecified atom stereocenters. The summed E-state index contributed by atoms with van der Waals surface area (Å²) < 4.78 is 4.56. The number of ether oxygens (including phenoxy) is 1. The molecule has 0 bridgehead atoms. The number of nitrogens with one attached hydrogen (secondary N) is 5. The van der Waals surface area contributed by atoms with Gasteiger partial charge in [0.1, 0.15) is 0 Å². The van der Waals surface area contributed by atoms with Gasteiger partial charge in [-0.3, -0.25) is 30.8 Å². The largest absolute Gasteiger partial charge is 0.468 e. The highest BCUT2D eigenvalue weighted by atomic mass is 32.2. The maximum Gasteiger partial charge on any atom is 0.297 e. The van der Waals surface area contributed by atoms with Gasteiger partial charge in [0.05, 0.1) is 7.11 Å². The van der Waals surface area contributed by atoms with E-state index in [2.05, 4.69) is 46.0 Å². The maximum absolute atomic E-state index is 8.27. The van der Waals surface area contributed by atoms with Crippen LogP contribution in [0.4, 0.5) is 0 Å². The summed E-state index contributed by atoms with van der Waals surface area (Å²) >= 11 is 1.41. The van der Waals surface area contributed by atoms with Crippen molar-refractivity contribution in [2.24, 2.45) is 20.0 Å². The van der Waals surface area contributed by atoms with E-state index in [1.165, 1.54) is 25.9 Å². The van der Waals surface area contributed by atoms with Gasteiger partial charge in [-0.25, -0.2) is 15.8 Å². The lowest BCUT2D eigenvalue weighted by atomic mass is 10.8. The molecular weight excluding hydrogens is 438 g/mol. The highest BCUT2D eigenvalue weighted by Crippen LogP contribution is 1.90. The van der Waals surface area contributed by atoms with E-state index in [-0.39, 0.29) is 6.02 Å². The minimum absolute atomic E-state index is 0.229. The zero-order valence-corrected chi connectivity index (χ0v) is 20.7. The molecule has 0 rings (SSSR count). The van der Waals surface area contributed by atoms with Crippen LogP contribution in [0.1, 0.15) is 0 Å². The van der Waals surface area contributed by atoms with Gasteiger partial charge in [0.15, 0.2) is 23.7 Å². The molecule has 0 saturated heterocycles. The van der Waals surface area contributed by atoms with Crippen molar-refractivity contribution in [3.05, 3.63) is 0 Å². The quantitative estimate of drug-likeness (QED) is 0.0813. The summed E-state index contributed by atoms with van der Waals surface area (Å²) in [5.41, 5.74) is 1.93. The highest BCUT2D eigenvalue weighted by molar-refractivity contribution is 8.13. The van der Waals surface area contributed by atoms with Crippen LogP contribution in [0.15, 0.2) is 20.0 Å². The van der Waals surface area contributed by atoms with E-state index >= 15 is 0 Å². The van der Waals surface area contributed by atoms with Gasteiger partial charge >= 0.3 is 0 Å². The van der Waals surface area contributed by atoms with Gasteiger partial charge in [-0.2, -0.15) is 15.8 Å². The number of rotatable bonds is 0. The van der Waals surface area contributed by atoms with Crippen molar-refractivity contribution in [2.45, 2.75) is 0 Å². The summed E-state index contributed by atoms with van der Waals surface area (Å²) in [7, 11) is 13.0. The third-order valence-electron chi connectivity index (χ3n) is 2.49. The van der Waals surface area contributed by atoms with Crippen LogP contribution in [-0.2, 0) is 4.74 Å². The van der Waals surface area contributed by atoms with Gasteiger partial charge in [0.25, 0.3) is 6.02 Å². The smallest absolute Gasteiger partial charge is 0.297 e. The van der Waals surface area contributed by atoms with Crippen LogP contribution in [0.2, 0.25) is 0 Å². The summed E-state index contributed by atoms with van der Waals surface area (Å²) in [5, 5.41) is 42.6. The van der Waals surface area contributed by atoms with Gasteiger partial charge in [0, 0.05) is 49.3 Å². The van der Waals surface area contributed by atoms with Crippen LogP contribution >= 0.6 is 11.8 Å². The lowest BCUT2D eigenvalue weighted by Gasteiger charge is -2.11. The number of amidine groups is 2. The Kier molecular flexibility index (Phi) is 32.5. The second-order valence-electron chi connectivity index (χ2n) is 4.55. The monoisotopic (exact) mass is 471 g/mol. The molecule has 0 saturated carbocycles. The first-order chi connectivity index (χ1) is 15.3. The molecule has 0 amide bonds. The van der Waals surface area contributed by atoms with Crippen molar-refractivity contribution in [2.75, 3.05) is 62.7 Å². The Hall–Kier alpha value is -3.94. The van der Waals surface area contributed by atoms with E-state index in [0.717, 1.165) is 0 Å². The van der Waals surface area contributed by atoms with Crippen LogP contribution in [0.5, 0.6) is 0 Å². The molecule has 180 valence electrons. The van der Waals surface area contributed by atoms with Crippen molar-refractivity contribution in [1.82, 2.24) is 31.6 Å². The molecule has 0 aromatic carbocycles. The molecule has 0 aliphatic heterocycles. The van der Waals surface area contributed by atoms with Crippen molar-refractivity contribution in [1.29, 1.82) is 15.8 Å². The predicted molar refractivity (Wildman–Crippen MR) is 128 cm³/mol. The molecule has 0 atom stereocenters. The fraction of sp³-hybridized carbons (Fsp3) is 0.562. The van der Waals surface area contributed by atoms with Crippen LogP contribution < -0.4 is 26.7 Å². The van der Waals surface area contributed by atoms with E-state index in [0.29, 0.717) is 17.1 Å². The zero-order chi connectivity index (χ0) is 25.8. The Labute approximate surface area is 193 Å². The number of nitriles is 3. The van der Waals surface area contributed by atoms with Crippen molar-refractivity contribution < 1.29 is 9.94 Å². The molecule has 0 fully saturated rings. The molecule has 0 spiro atoms. The molecule has 0 aliphatic carbocycles. The van der Waals surface area contributed by atoms with E-state index in [9.17, 15) is 0 Å². The van der Waals surface area contributed by atoms with Crippen LogP contribution in [0.25, 0.3) is 0 Å². The first-order valence-electron chi connectivity index (χ1n) is 8.42. The van der Waals surface area contributed by atoms with Gasteiger partial charge in [-0.1, -0.05) is 11.8 Å². The molecule has 0 radical (unpaired) electrons. The molecule has 15 nitrogen and oxygen atoms in total. The summed E-state index contributed by atoms with van der Waals surface area (Å²) in [6.45, 7) is 0. The summed E-state index contributed by atoms with van der Waals surface area (Å²) in [6.07, 6.45) is 7.01. The molecule has 16 heteroatoms. The Balaban J connectivity index is -0.000000163. The Morgan fingerprint density at radius 1 is 0.906 bits per heavy atom. The predicted octanol–water partition coefficient (Wildman–Crippen LogP) is -1.13. The molecule has 0 aromatic heterocycles. The Bertz CT molecular complexity index is 624. The fourth-order valence-electron chi connectivity index (χ4n) is 1.13. The van der Waals surface area contributed by atoms with E-state index < -0.39 is 0 Å². The van der Waals surface area contributed by atoms with Crippen LogP contribution in [-0.4, -0.2) is 95.9 Å². The number of methoxy groups -OCH3 is 1. The van der Waals surface area contributed by atoms with Crippen molar-refractivity contribution >= 4 is 34.9 Å². The molecule has 0 aromatic rings. The fourth-order valence-corrected chi connectivity index (χ4v) is 1.46. The average molecular weight is 472 g/mol. The van der Waals surface area contributed by atoms with E-state index in [1.807, 2.05) is 11.7 Å². The second-order valence-corrected chi connectivity index (χ2v) is 5.35. The Morgan fingerprint density at radius 3 is 1.53 bits per heavy atom. The van der Waals surface area contributed by atoms with Gasteiger partial charge in [-0.05, 0) is 6.26 Å². The normalized spacial score (nSPS) is 10.3. The molecule has 6 N–H and O–H groups in total. The third kappa shape index (κ3) is 26.1. The lowest BCUT2D eigenvalue weighted by Crippen LogP contribution is -2.33. The SMILES string of the molecule is CN=C(NC#N)OC.CN=C(NC#N)SC.CN=C(NC)NC#N.CN=C(NO)N(C)C. The van der Waals surface area contributed by atoms with Gasteiger partial charge in [0.2, 0.25) is 11.9 Å². The number of guanidine groups is 2. The highest BCUT2D eigenvalue weighted by Gasteiger charge is 1.93. The number of thioether (sulfide) groups is 1. The molecular formula is C16H33N13O2S. The second kappa shape index (κ2) is 29.3. The van der Waals surface area contributed by atoms with E-state index in [4.69, 9.17) is 21.0 Å². The zero-order valence-electron chi connectivity index (χ0n) is 19.8. The Morgan fingerprint density at radius 2 is 1.44 bits per heavy atom. The number of aliphatic imine (C=N–C) groups is 4. The summed E-state index contributed by atoms with van der Waals surface area (Å²) in [5.74, 6) is 0.928. The van der Waals surface area contributed by atoms with Crippen LogP contribution in [0.3, 0.4) is 0 Å². The number of nitrogens with zero attached hydrogens (tertiary/aromatic N) is 8. The minimum atomic E-state index is 0.229. The number of hydrogen-bond donors (Lipinski definition) is 6. The molecule has 0 aliphatic rings. The summed E-state index contributed by atoms with van der Waals surface area (Å²) in [6, 6.07) is 0.229. The average Bonchev–Trinajstić information content (AvgIpc) is 2.81. The van der Waals surface area contributed by atoms with Crippen molar-refractivity contribution in [3.63, 3.8) is 0 Å². The topological polar surface area (TPSA) is 214 Å². The summed E-state index contributed by atoms with van der Waals surface area (Å²) in [4.78, 5) is 16.3. The minimum Gasteiger partial charge on any atom is -0.468 e. The lowest BCUT2D eigenvalue weighted by molar-refractivity contribution is 0.219. The molecule has 32 heavy (non-hydrogen) atoms.